The van der Waals surface area contributed by atoms with Crippen molar-refractivity contribution in [3.05, 3.63) is 35.9 Å². The molecule has 19 heavy (non-hydrogen) atoms. The molecule has 0 radical (unpaired) electrons. The Hall–Kier alpha value is -1.88. The number of carbonyl (C=O) groups is 2. The van der Waals surface area contributed by atoms with E-state index in [0.717, 1.165) is 5.56 Å². The van der Waals surface area contributed by atoms with Crippen molar-refractivity contribution in [2.75, 3.05) is 26.2 Å². The number of hydrogen-bond acceptors (Lipinski definition) is 3. The average Bonchev–Trinajstić information content (AvgIpc) is 2.40. The van der Waals surface area contributed by atoms with Crippen LogP contribution in [0.1, 0.15) is 18.5 Å². The van der Waals surface area contributed by atoms with E-state index in [1.165, 1.54) is 0 Å². The van der Waals surface area contributed by atoms with E-state index in [2.05, 4.69) is 0 Å². The third-order valence-corrected chi connectivity index (χ3v) is 3.47. The molecule has 102 valence electrons. The highest BCUT2D eigenvalue weighted by Crippen LogP contribution is 2.22. The highest BCUT2D eigenvalue weighted by atomic mass is 16.4. The highest BCUT2D eigenvalue weighted by molar-refractivity contribution is 5.76. The van der Waals surface area contributed by atoms with E-state index in [9.17, 15) is 14.7 Å². The van der Waals surface area contributed by atoms with E-state index in [1.807, 2.05) is 35.2 Å². The Balaban J connectivity index is 2.10. The Kier molecular flexibility index (Phi) is 4.16. The Labute approximate surface area is 112 Å². The smallest absolute Gasteiger partial charge is 0.325 e. The number of benzene rings is 1. The van der Waals surface area contributed by atoms with E-state index in [-0.39, 0.29) is 5.91 Å². The van der Waals surface area contributed by atoms with E-state index in [1.54, 1.807) is 11.8 Å². The maximum atomic E-state index is 11.5. The summed E-state index contributed by atoms with van der Waals surface area (Å²) in [6.07, 6.45) is 0. The van der Waals surface area contributed by atoms with E-state index >= 15 is 0 Å². The minimum absolute atomic E-state index is 0.0474. The van der Waals surface area contributed by atoms with Crippen molar-refractivity contribution >= 4 is 11.9 Å². The molecule has 5 nitrogen and oxygen atoms in total. The summed E-state index contributed by atoms with van der Waals surface area (Å²) in [5.74, 6) is -0.797. The number of rotatable bonds is 3. The topological polar surface area (TPSA) is 60.9 Å². The lowest BCUT2D eigenvalue weighted by atomic mass is 10.0. The zero-order valence-electron chi connectivity index (χ0n) is 11.0. The van der Waals surface area contributed by atoms with Crippen LogP contribution in [0.15, 0.2) is 30.3 Å². The van der Waals surface area contributed by atoms with Crippen LogP contribution in [0.3, 0.4) is 0 Å². The molecule has 0 spiro atoms. The first-order valence-electron chi connectivity index (χ1n) is 6.37. The molecule has 0 bridgehead atoms. The number of aliphatic carboxylic acids is 1. The molecular formula is C14H18N2O3. The number of piperazine rings is 1. The molecule has 1 saturated heterocycles. The predicted molar refractivity (Wildman–Crippen MR) is 70.6 cm³/mol. The molecule has 0 aliphatic carbocycles. The van der Waals surface area contributed by atoms with Crippen molar-refractivity contribution in [3.8, 4) is 0 Å². The Morgan fingerprint density at radius 3 is 2.16 bits per heavy atom. The zero-order valence-corrected chi connectivity index (χ0v) is 11.0. The van der Waals surface area contributed by atoms with Gasteiger partial charge in [0, 0.05) is 33.1 Å². The SMILES string of the molecule is CC(=O)N1CCN([C@H](C(=O)O)c2ccccc2)CC1. The maximum Gasteiger partial charge on any atom is 0.325 e. The van der Waals surface area contributed by atoms with Crippen molar-refractivity contribution < 1.29 is 14.7 Å². The summed E-state index contributed by atoms with van der Waals surface area (Å²) in [5, 5.41) is 9.43. The number of carbonyl (C=O) groups excluding carboxylic acids is 1. The van der Waals surface area contributed by atoms with Crippen LogP contribution in [0.25, 0.3) is 0 Å². The number of carboxylic acids is 1. The summed E-state index contributed by atoms with van der Waals surface area (Å²) in [6.45, 7) is 3.90. The van der Waals surface area contributed by atoms with Gasteiger partial charge in [0.15, 0.2) is 0 Å². The van der Waals surface area contributed by atoms with Crippen molar-refractivity contribution in [1.29, 1.82) is 0 Å². The van der Waals surface area contributed by atoms with Crippen molar-refractivity contribution in [2.24, 2.45) is 0 Å². The van der Waals surface area contributed by atoms with Crippen LogP contribution >= 0.6 is 0 Å². The fourth-order valence-corrected chi connectivity index (χ4v) is 2.44. The lowest BCUT2D eigenvalue weighted by Gasteiger charge is -2.37. The number of amides is 1. The molecule has 1 N–H and O–H groups in total. The molecule has 1 aromatic carbocycles. The fraction of sp³-hybridized carbons (Fsp3) is 0.429. The van der Waals surface area contributed by atoms with Crippen LogP contribution in [0, 0.1) is 0 Å². The Morgan fingerprint density at radius 2 is 1.68 bits per heavy atom. The van der Waals surface area contributed by atoms with Crippen LogP contribution in [0.2, 0.25) is 0 Å². The van der Waals surface area contributed by atoms with Crippen LogP contribution < -0.4 is 0 Å². The number of carboxylic acid groups (broad SMARTS) is 1. The molecule has 1 aliphatic heterocycles. The molecule has 0 saturated carbocycles. The van der Waals surface area contributed by atoms with Gasteiger partial charge in [-0.25, -0.2) is 0 Å². The third-order valence-electron chi connectivity index (χ3n) is 3.47. The Morgan fingerprint density at radius 1 is 1.11 bits per heavy atom. The van der Waals surface area contributed by atoms with E-state index in [0.29, 0.717) is 26.2 Å². The molecule has 1 amide bonds. The van der Waals surface area contributed by atoms with Gasteiger partial charge in [-0.05, 0) is 5.56 Å². The van der Waals surface area contributed by atoms with Crippen molar-refractivity contribution in [1.82, 2.24) is 9.80 Å². The first-order valence-corrected chi connectivity index (χ1v) is 6.37. The third kappa shape index (κ3) is 3.12. The van der Waals surface area contributed by atoms with Crippen molar-refractivity contribution in [3.63, 3.8) is 0 Å². The molecule has 1 atom stereocenters. The molecule has 0 aromatic heterocycles. The lowest BCUT2D eigenvalue weighted by molar-refractivity contribution is -0.145. The number of hydrogen-bond donors (Lipinski definition) is 1. The van der Waals surface area contributed by atoms with Gasteiger partial charge < -0.3 is 10.0 Å². The van der Waals surface area contributed by atoms with Gasteiger partial charge in [0.25, 0.3) is 0 Å². The molecule has 1 heterocycles. The van der Waals surface area contributed by atoms with Crippen molar-refractivity contribution in [2.45, 2.75) is 13.0 Å². The summed E-state index contributed by atoms with van der Waals surface area (Å²) in [7, 11) is 0. The van der Waals surface area contributed by atoms with Gasteiger partial charge in [0.1, 0.15) is 6.04 Å². The van der Waals surface area contributed by atoms with Gasteiger partial charge in [0.2, 0.25) is 5.91 Å². The monoisotopic (exact) mass is 262 g/mol. The molecule has 1 fully saturated rings. The van der Waals surface area contributed by atoms with Gasteiger partial charge in [-0.3, -0.25) is 14.5 Å². The second-order valence-corrected chi connectivity index (χ2v) is 4.69. The van der Waals surface area contributed by atoms with Gasteiger partial charge in [-0.1, -0.05) is 30.3 Å². The zero-order chi connectivity index (χ0) is 13.8. The summed E-state index contributed by atoms with van der Waals surface area (Å²) >= 11 is 0. The van der Waals surface area contributed by atoms with Crippen LogP contribution in [0.5, 0.6) is 0 Å². The lowest BCUT2D eigenvalue weighted by Crippen LogP contribution is -2.50. The molecule has 1 aromatic rings. The van der Waals surface area contributed by atoms with Gasteiger partial charge in [0.05, 0.1) is 0 Å². The first-order chi connectivity index (χ1) is 9.09. The minimum atomic E-state index is -0.845. The van der Waals surface area contributed by atoms with Gasteiger partial charge >= 0.3 is 5.97 Å². The normalized spacial score (nSPS) is 18.1. The second-order valence-electron chi connectivity index (χ2n) is 4.69. The predicted octanol–water partition coefficient (Wildman–Crippen LogP) is 0.976. The molecule has 2 rings (SSSR count). The average molecular weight is 262 g/mol. The number of nitrogens with zero attached hydrogens (tertiary/aromatic N) is 2. The van der Waals surface area contributed by atoms with Crippen LogP contribution in [-0.4, -0.2) is 53.0 Å². The van der Waals surface area contributed by atoms with E-state index in [4.69, 9.17) is 0 Å². The quantitative estimate of drug-likeness (QED) is 0.882. The summed E-state index contributed by atoms with van der Waals surface area (Å²) in [6, 6.07) is 8.59. The fourth-order valence-electron chi connectivity index (χ4n) is 2.44. The standard InChI is InChI=1S/C14H18N2O3/c1-11(17)15-7-9-16(10-8-15)13(14(18)19)12-5-3-2-4-6-12/h2-6,13H,7-10H2,1H3,(H,18,19)/t13-/m0/s1. The Bertz CT molecular complexity index is 453. The minimum Gasteiger partial charge on any atom is -0.480 e. The van der Waals surface area contributed by atoms with E-state index < -0.39 is 12.0 Å². The van der Waals surface area contributed by atoms with Gasteiger partial charge in [-0.15, -0.1) is 0 Å². The van der Waals surface area contributed by atoms with Crippen LogP contribution in [0.4, 0.5) is 0 Å². The van der Waals surface area contributed by atoms with Gasteiger partial charge in [-0.2, -0.15) is 0 Å². The largest absolute Gasteiger partial charge is 0.480 e. The molecule has 0 unspecified atom stereocenters. The summed E-state index contributed by atoms with van der Waals surface area (Å²) in [5.41, 5.74) is 0.784. The molecule has 1 aliphatic rings. The molecular weight excluding hydrogens is 244 g/mol. The second kappa shape index (κ2) is 5.84. The highest BCUT2D eigenvalue weighted by Gasteiger charge is 2.30. The first kappa shape index (κ1) is 13.5. The summed E-state index contributed by atoms with van der Waals surface area (Å²) in [4.78, 5) is 26.4. The summed E-state index contributed by atoms with van der Waals surface area (Å²) < 4.78 is 0. The molecule has 5 heteroatoms. The van der Waals surface area contributed by atoms with Crippen LogP contribution in [-0.2, 0) is 9.59 Å². The maximum absolute atomic E-state index is 11.5.